The van der Waals surface area contributed by atoms with Crippen LogP contribution in [0.2, 0.25) is 0 Å². The molecule has 2 aromatic rings. The molecular weight excluding hydrogens is 717 g/mol. The Morgan fingerprint density at radius 1 is 0.875 bits per heavy atom. The zero-order valence-electron chi connectivity index (χ0n) is 34.7. The Balaban J connectivity index is 0.00000600. The summed E-state index contributed by atoms with van der Waals surface area (Å²) in [7, 11) is 1.27. The normalized spacial score (nSPS) is 26.7. The van der Waals surface area contributed by atoms with Gasteiger partial charge in [0.1, 0.15) is 12.5 Å². The Morgan fingerprint density at radius 3 is 2.18 bits per heavy atom. The summed E-state index contributed by atoms with van der Waals surface area (Å²) in [5, 5.41) is 10.2. The molecule has 294 valence electrons. The number of Topliss-reactive ketones (excluding diaryl/α,β-unsaturated/α-hetero) is 2. The van der Waals surface area contributed by atoms with Crippen molar-refractivity contribution < 1.29 is 28.7 Å². The number of methoxy groups -OCH3 is 1. The first-order valence-corrected chi connectivity index (χ1v) is 19.8. The van der Waals surface area contributed by atoms with E-state index < -0.39 is 11.9 Å². The molecule has 0 spiro atoms. The van der Waals surface area contributed by atoms with Gasteiger partial charge in [0.25, 0.3) is 0 Å². The van der Waals surface area contributed by atoms with E-state index in [0.717, 1.165) is 42.6 Å². The van der Waals surface area contributed by atoms with Crippen LogP contribution in [0.15, 0.2) is 34.4 Å². The van der Waals surface area contributed by atoms with Crippen molar-refractivity contribution in [2.75, 3.05) is 13.7 Å². The van der Waals surface area contributed by atoms with Crippen LogP contribution in [0.25, 0.3) is 34.4 Å². The van der Waals surface area contributed by atoms with E-state index in [9.17, 15) is 19.2 Å². The summed E-state index contributed by atoms with van der Waals surface area (Å²) in [4.78, 5) is 64.1. The molecule has 2 aromatic heterocycles. The Hall–Kier alpha value is -4.09. The molecule has 0 amide bonds. The number of allylic oxidation sites excluding steroid dienone is 5. The van der Waals surface area contributed by atoms with E-state index in [1.54, 1.807) is 6.92 Å². The average Bonchev–Trinajstić information content (AvgIpc) is 3.87. The first-order valence-electron chi connectivity index (χ1n) is 19.8. The number of carbonyl (C=O) groups is 4. The molecule has 5 heterocycles. The molecule has 8 bridgehead atoms. The Morgan fingerprint density at radius 2 is 1.52 bits per heavy atom. The molecular formula is C45H54MgN4O6-2. The number of rotatable bonds is 12. The Bertz CT molecular complexity index is 2070. The van der Waals surface area contributed by atoms with Gasteiger partial charge >= 0.3 is 35.0 Å². The van der Waals surface area contributed by atoms with Crippen LogP contribution < -0.4 is 9.97 Å². The number of esters is 2. The maximum Gasteiger partial charge on any atom is 2.00 e. The second-order valence-electron chi connectivity index (χ2n) is 16.1. The van der Waals surface area contributed by atoms with Gasteiger partial charge in [0.05, 0.1) is 7.11 Å². The van der Waals surface area contributed by atoms with Gasteiger partial charge in [-0.1, -0.05) is 88.0 Å². The van der Waals surface area contributed by atoms with E-state index in [1.165, 1.54) is 12.7 Å². The summed E-state index contributed by atoms with van der Waals surface area (Å²) in [5.41, 5.74) is 9.04. The Kier molecular flexibility index (Phi) is 13.5. The molecule has 2 saturated heterocycles. The number of hydrogen-bond donors (Lipinski definition) is 0. The maximum atomic E-state index is 14.3. The first-order chi connectivity index (χ1) is 26.2. The molecule has 11 heteroatoms. The van der Waals surface area contributed by atoms with Crippen molar-refractivity contribution >= 4 is 70.4 Å². The largest absolute Gasteiger partial charge is 2.00 e. The van der Waals surface area contributed by atoms with Crippen molar-refractivity contribution in [1.82, 2.24) is 9.97 Å². The molecule has 0 saturated carbocycles. The molecule has 3 aliphatic heterocycles. The van der Waals surface area contributed by atoms with Gasteiger partial charge in [-0.3, -0.25) is 19.2 Å². The van der Waals surface area contributed by atoms with Gasteiger partial charge in [-0.25, -0.2) is 0 Å². The van der Waals surface area contributed by atoms with E-state index >= 15 is 0 Å². The van der Waals surface area contributed by atoms with Gasteiger partial charge in [-0.15, -0.1) is 22.8 Å². The number of ketones is 2. The molecule has 4 aliphatic rings. The number of ether oxygens (including phenoxy) is 2. The summed E-state index contributed by atoms with van der Waals surface area (Å²) < 4.78 is 10.9. The van der Waals surface area contributed by atoms with Crippen LogP contribution in [0.1, 0.15) is 142 Å². The minimum atomic E-state index is -1.24. The molecule has 1 aliphatic carbocycles. The average molecular weight is 771 g/mol. The van der Waals surface area contributed by atoms with Crippen LogP contribution in [0.5, 0.6) is 0 Å². The van der Waals surface area contributed by atoms with Gasteiger partial charge in [0.2, 0.25) is 0 Å². The van der Waals surface area contributed by atoms with Gasteiger partial charge < -0.3 is 30.1 Å². The summed E-state index contributed by atoms with van der Waals surface area (Å²) >= 11 is 0. The summed E-state index contributed by atoms with van der Waals surface area (Å²) in [6.07, 6.45) is 12.3. The third-order valence-corrected chi connectivity index (χ3v) is 12.0. The quantitative estimate of drug-likeness (QED) is 0.0683. The number of hydrogen-bond acceptors (Lipinski definition) is 6. The van der Waals surface area contributed by atoms with E-state index in [1.807, 2.05) is 45.1 Å². The first kappa shape index (κ1) is 43.0. The van der Waals surface area contributed by atoms with Crippen LogP contribution in [-0.4, -0.2) is 60.3 Å². The molecule has 6 rings (SSSR count). The molecule has 0 radical (unpaired) electrons. The zero-order chi connectivity index (χ0) is 39.9. The van der Waals surface area contributed by atoms with E-state index in [0.29, 0.717) is 68.8 Å². The topological polar surface area (TPSA) is 143 Å². The number of carbonyl (C=O) groups excluding carboxylic acids is 4. The fraction of sp³-hybridized carbons (Fsp3) is 0.511. The standard InChI is InChI=1S/C45H56N4O6.Mg/c1-11-29-24(5)31-21-36-38(28(9)50)26(7)33(47-36)19-32-25(6)30(15-16-37(51)55-18-17-23(4)14-12-13-22(2)3)42(48-32)40-41(45(53)54-10)44(52)39-27(8)34(49-43(39)40)20-35(29)46-31;/h17,19-22,24-25,29-30,41H,11-16,18H2,1-10H3,(H2-2,46,47,48,49,50,52);/q-2;+2/p-2/b23-17+,32-19-,35-20-;/t24-,25+,29-,30+,41-;/m1./s1. The number of nitrogens with zero attached hydrogens (tertiary/aromatic N) is 4. The Labute approximate surface area is 347 Å². The smallest absolute Gasteiger partial charge is 0.664 e. The van der Waals surface area contributed by atoms with Gasteiger partial charge in [0.15, 0.2) is 11.6 Å². The second-order valence-corrected chi connectivity index (χ2v) is 16.1. The van der Waals surface area contributed by atoms with E-state index in [2.05, 4.69) is 34.6 Å². The van der Waals surface area contributed by atoms with E-state index in [-0.39, 0.29) is 77.3 Å². The van der Waals surface area contributed by atoms with E-state index in [4.69, 9.17) is 30.1 Å². The fourth-order valence-electron chi connectivity index (χ4n) is 8.68. The predicted octanol–water partition coefficient (Wildman–Crippen LogP) is 9.26. The summed E-state index contributed by atoms with van der Waals surface area (Å²) in [6, 6.07) is 0. The van der Waals surface area contributed by atoms with Crippen molar-refractivity contribution in [2.24, 2.45) is 35.5 Å². The molecule has 56 heavy (non-hydrogen) atoms. The summed E-state index contributed by atoms with van der Waals surface area (Å²) in [6.45, 7) is 18.3. The molecule has 10 nitrogen and oxygen atoms in total. The third-order valence-electron chi connectivity index (χ3n) is 12.0. The van der Waals surface area contributed by atoms with Crippen LogP contribution in [0.3, 0.4) is 0 Å². The summed E-state index contributed by atoms with van der Waals surface area (Å²) in [5.74, 6) is -2.52. The molecule has 5 atom stereocenters. The van der Waals surface area contributed by atoms with Crippen LogP contribution >= 0.6 is 0 Å². The second kappa shape index (κ2) is 17.6. The van der Waals surface area contributed by atoms with Crippen LogP contribution in [-0.2, 0) is 19.1 Å². The van der Waals surface area contributed by atoms with Crippen molar-refractivity contribution in [3.8, 4) is 0 Å². The van der Waals surface area contributed by atoms with Crippen LogP contribution in [0, 0.1) is 49.4 Å². The molecule has 0 aromatic carbocycles. The molecule has 0 unspecified atom stereocenters. The monoisotopic (exact) mass is 770 g/mol. The zero-order valence-corrected chi connectivity index (χ0v) is 36.1. The predicted molar refractivity (Wildman–Crippen MR) is 220 cm³/mol. The number of fused-ring (bicyclic) bond motifs is 7. The van der Waals surface area contributed by atoms with Gasteiger partial charge in [-0.2, -0.15) is 22.8 Å². The van der Waals surface area contributed by atoms with Crippen molar-refractivity contribution in [1.29, 1.82) is 0 Å². The van der Waals surface area contributed by atoms with Gasteiger partial charge in [0, 0.05) is 17.5 Å². The van der Waals surface area contributed by atoms with Gasteiger partial charge in [-0.05, 0) is 82.6 Å². The molecule has 2 fully saturated rings. The SMILES string of the molecule is CC[C@H]1/C2=C/c3[n-]c4c(c3C)C(=O)[C@H](C(=O)OC)/C4=C3/[N-]/C(=C\c4[n-]c(c(C(C)=O)c4C)/C=C(\[N-]2)[C@@H]1C)[C@@H](C)[C@@H]3CCC(=O)OC/C=C(\C)CCCC(C)C.[Mg+2]. The third kappa shape index (κ3) is 8.17. The van der Waals surface area contributed by atoms with Crippen molar-refractivity contribution in [3.63, 3.8) is 0 Å². The van der Waals surface area contributed by atoms with Crippen molar-refractivity contribution in [2.45, 2.75) is 101 Å². The number of aromatic nitrogens is 2. The van der Waals surface area contributed by atoms with Crippen molar-refractivity contribution in [3.05, 3.63) is 90.1 Å². The maximum absolute atomic E-state index is 14.3. The minimum Gasteiger partial charge on any atom is -0.664 e. The minimum absolute atomic E-state index is 0. The molecule has 0 N–H and O–H groups in total. The fourth-order valence-corrected chi connectivity index (χ4v) is 8.68. The van der Waals surface area contributed by atoms with Crippen LogP contribution in [0.4, 0.5) is 0 Å².